The Hall–Kier alpha value is -0.190. The molecule has 0 fully saturated rings. The molecular weight excluding hydrogens is 190 g/mol. The van der Waals surface area contributed by atoms with Crippen molar-refractivity contribution in [3.63, 3.8) is 0 Å². The van der Waals surface area contributed by atoms with E-state index in [0.717, 1.165) is 4.90 Å². The first-order valence-corrected chi connectivity index (χ1v) is 5.77. The van der Waals surface area contributed by atoms with E-state index >= 15 is 0 Å². The summed E-state index contributed by atoms with van der Waals surface area (Å²) >= 11 is 1.69. The normalized spacial score (nSPS) is 27.4. The SMILES string of the molecule is CN1S(=O)c2ccsc2C1(C)C. The van der Waals surface area contributed by atoms with Crippen LogP contribution in [0.1, 0.15) is 18.7 Å². The Labute approximate surface area is 78.8 Å². The lowest BCUT2D eigenvalue weighted by atomic mass is 10.0. The molecule has 2 rings (SSSR count). The topological polar surface area (TPSA) is 20.3 Å². The Morgan fingerprint density at radius 2 is 2.25 bits per heavy atom. The van der Waals surface area contributed by atoms with Gasteiger partial charge in [-0.15, -0.1) is 11.3 Å². The maximum absolute atomic E-state index is 11.7. The van der Waals surface area contributed by atoms with Crippen molar-refractivity contribution in [1.29, 1.82) is 0 Å². The van der Waals surface area contributed by atoms with E-state index in [-0.39, 0.29) is 5.54 Å². The molecule has 0 aromatic carbocycles. The lowest BCUT2D eigenvalue weighted by molar-refractivity contribution is 0.303. The van der Waals surface area contributed by atoms with Crippen LogP contribution in [0, 0.1) is 0 Å². The van der Waals surface area contributed by atoms with E-state index in [4.69, 9.17) is 0 Å². The highest BCUT2D eigenvalue weighted by molar-refractivity contribution is 7.83. The van der Waals surface area contributed by atoms with Gasteiger partial charge in [0, 0.05) is 11.9 Å². The third-order valence-electron chi connectivity index (χ3n) is 2.41. The van der Waals surface area contributed by atoms with Crippen molar-refractivity contribution in [3.05, 3.63) is 16.3 Å². The van der Waals surface area contributed by atoms with Crippen LogP contribution in [0.3, 0.4) is 0 Å². The van der Waals surface area contributed by atoms with Gasteiger partial charge in [0.25, 0.3) is 0 Å². The van der Waals surface area contributed by atoms with E-state index in [1.54, 1.807) is 11.3 Å². The molecule has 1 aromatic rings. The fourth-order valence-electron chi connectivity index (χ4n) is 1.38. The molecule has 2 heterocycles. The molecule has 0 spiro atoms. The number of thiophene rings is 1. The molecule has 1 aliphatic heterocycles. The van der Waals surface area contributed by atoms with Gasteiger partial charge < -0.3 is 0 Å². The summed E-state index contributed by atoms with van der Waals surface area (Å²) < 4.78 is 13.6. The summed E-state index contributed by atoms with van der Waals surface area (Å²) in [5.41, 5.74) is -0.0611. The van der Waals surface area contributed by atoms with Crippen LogP contribution in [0.25, 0.3) is 0 Å². The zero-order chi connectivity index (χ0) is 8.93. The molecule has 66 valence electrons. The van der Waals surface area contributed by atoms with Crippen molar-refractivity contribution >= 4 is 22.3 Å². The summed E-state index contributed by atoms with van der Waals surface area (Å²) in [4.78, 5) is 2.23. The predicted molar refractivity (Wildman–Crippen MR) is 51.5 cm³/mol. The quantitative estimate of drug-likeness (QED) is 0.628. The zero-order valence-corrected chi connectivity index (χ0v) is 8.96. The molecule has 0 N–H and O–H groups in total. The minimum absolute atomic E-state index is 0.0611. The highest BCUT2D eigenvalue weighted by Crippen LogP contribution is 2.43. The third kappa shape index (κ3) is 0.857. The number of hydrogen-bond donors (Lipinski definition) is 0. The Morgan fingerprint density at radius 1 is 1.58 bits per heavy atom. The van der Waals surface area contributed by atoms with Gasteiger partial charge in [0.2, 0.25) is 0 Å². The largest absolute Gasteiger partial charge is 0.237 e. The summed E-state index contributed by atoms with van der Waals surface area (Å²) in [6.07, 6.45) is 0. The molecule has 0 radical (unpaired) electrons. The van der Waals surface area contributed by atoms with Crippen molar-refractivity contribution in [1.82, 2.24) is 4.31 Å². The maximum Gasteiger partial charge on any atom is 0.129 e. The number of nitrogens with zero attached hydrogens (tertiary/aromatic N) is 1. The molecule has 0 bridgehead atoms. The summed E-state index contributed by atoms with van der Waals surface area (Å²) in [7, 11) is 0.968. The second-order valence-corrected chi connectivity index (χ2v) is 5.82. The van der Waals surface area contributed by atoms with Crippen LogP contribution in [0.5, 0.6) is 0 Å². The van der Waals surface area contributed by atoms with Gasteiger partial charge in [0.05, 0.1) is 10.4 Å². The van der Waals surface area contributed by atoms with Crippen LogP contribution in [0.15, 0.2) is 16.3 Å². The minimum Gasteiger partial charge on any atom is -0.237 e. The Morgan fingerprint density at radius 3 is 2.83 bits per heavy atom. The first-order chi connectivity index (χ1) is 5.55. The van der Waals surface area contributed by atoms with Gasteiger partial charge in [-0.05, 0) is 25.3 Å². The van der Waals surface area contributed by atoms with Crippen molar-refractivity contribution in [2.24, 2.45) is 0 Å². The van der Waals surface area contributed by atoms with Gasteiger partial charge in [0.1, 0.15) is 11.0 Å². The van der Waals surface area contributed by atoms with Gasteiger partial charge in [-0.3, -0.25) is 0 Å². The number of rotatable bonds is 0. The molecule has 1 atom stereocenters. The molecular formula is C8H11NOS2. The second kappa shape index (κ2) is 2.40. The smallest absolute Gasteiger partial charge is 0.129 e. The fourth-order valence-corrected chi connectivity index (χ4v) is 4.22. The van der Waals surface area contributed by atoms with Crippen LogP contribution < -0.4 is 0 Å². The molecule has 0 saturated carbocycles. The van der Waals surface area contributed by atoms with Gasteiger partial charge in [-0.25, -0.2) is 8.51 Å². The summed E-state index contributed by atoms with van der Waals surface area (Å²) in [5.74, 6) is 0. The first-order valence-electron chi connectivity index (χ1n) is 3.79. The molecule has 4 heteroatoms. The van der Waals surface area contributed by atoms with Gasteiger partial charge in [0.15, 0.2) is 0 Å². The maximum atomic E-state index is 11.7. The van der Waals surface area contributed by atoms with Gasteiger partial charge in [-0.1, -0.05) is 0 Å². The molecule has 12 heavy (non-hydrogen) atoms. The van der Waals surface area contributed by atoms with Crippen LogP contribution in [0.2, 0.25) is 0 Å². The van der Waals surface area contributed by atoms with E-state index in [1.165, 1.54) is 4.88 Å². The Balaban J connectivity index is 2.64. The molecule has 1 aliphatic rings. The lowest BCUT2D eigenvalue weighted by Gasteiger charge is -2.25. The Bertz CT molecular complexity index is 343. The fraction of sp³-hybridized carbons (Fsp3) is 0.500. The first kappa shape index (κ1) is 8.41. The monoisotopic (exact) mass is 201 g/mol. The second-order valence-electron chi connectivity index (χ2n) is 3.42. The summed E-state index contributed by atoms with van der Waals surface area (Å²) in [6.45, 7) is 4.21. The van der Waals surface area contributed by atoms with E-state index in [9.17, 15) is 4.21 Å². The molecule has 1 aromatic heterocycles. The Kier molecular flexibility index (Phi) is 1.68. The molecule has 2 nitrogen and oxygen atoms in total. The van der Waals surface area contributed by atoms with Crippen molar-refractivity contribution in [2.75, 3.05) is 7.05 Å². The molecule has 0 aliphatic carbocycles. The minimum atomic E-state index is -0.937. The molecule has 0 saturated heterocycles. The van der Waals surface area contributed by atoms with Crippen LogP contribution in [-0.2, 0) is 16.5 Å². The van der Waals surface area contributed by atoms with Gasteiger partial charge in [-0.2, -0.15) is 0 Å². The zero-order valence-electron chi connectivity index (χ0n) is 7.33. The van der Waals surface area contributed by atoms with E-state index in [1.807, 2.05) is 22.8 Å². The van der Waals surface area contributed by atoms with E-state index < -0.39 is 11.0 Å². The van der Waals surface area contributed by atoms with Gasteiger partial charge >= 0.3 is 0 Å². The van der Waals surface area contributed by atoms with Crippen molar-refractivity contribution in [2.45, 2.75) is 24.3 Å². The van der Waals surface area contributed by atoms with Crippen LogP contribution >= 0.6 is 11.3 Å². The highest BCUT2D eigenvalue weighted by atomic mass is 32.2. The average Bonchev–Trinajstić information content (AvgIpc) is 2.54. The number of hydrogen-bond acceptors (Lipinski definition) is 2. The van der Waals surface area contributed by atoms with Crippen LogP contribution in [0.4, 0.5) is 0 Å². The van der Waals surface area contributed by atoms with E-state index in [2.05, 4.69) is 13.8 Å². The summed E-state index contributed by atoms with van der Waals surface area (Å²) in [6, 6.07) is 1.96. The van der Waals surface area contributed by atoms with Crippen molar-refractivity contribution in [3.8, 4) is 0 Å². The molecule has 0 amide bonds. The van der Waals surface area contributed by atoms with Crippen molar-refractivity contribution < 1.29 is 4.21 Å². The average molecular weight is 201 g/mol. The lowest BCUT2D eigenvalue weighted by Crippen LogP contribution is -2.32. The number of fused-ring (bicyclic) bond motifs is 1. The highest BCUT2D eigenvalue weighted by Gasteiger charge is 2.41. The predicted octanol–water partition coefficient (Wildman–Crippen LogP) is 1.95. The standard InChI is InChI=1S/C8H11NOS2/c1-8(2)7-6(4-5-11-7)12(10)9(8)3/h4-5H,1-3H3. The summed E-state index contributed by atoms with van der Waals surface area (Å²) in [5, 5.41) is 2.01. The van der Waals surface area contributed by atoms with Crippen LogP contribution in [-0.4, -0.2) is 15.6 Å². The molecule has 1 unspecified atom stereocenters. The van der Waals surface area contributed by atoms with E-state index in [0.29, 0.717) is 0 Å². The third-order valence-corrected chi connectivity index (χ3v) is 5.44.